The van der Waals surface area contributed by atoms with Crippen molar-refractivity contribution in [2.75, 3.05) is 6.54 Å². The third-order valence-electron chi connectivity index (χ3n) is 1.75. The van der Waals surface area contributed by atoms with Crippen molar-refractivity contribution in [1.29, 1.82) is 0 Å². The molecule has 0 bridgehead atoms. The molecule has 1 aliphatic rings. The number of carbonyl (C=O) groups excluding carboxylic acids is 1. The number of nitrogens with zero attached hydrogens (tertiary/aromatic N) is 4. The van der Waals surface area contributed by atoms with Crippen LogP contribution in [0.4, 0.5) is 0 Å². The van der Waals surface area contributed by atoms with Gasteiger partial charge in [0, 0.05) is 7.05 Å². The van der Waals surface area contributed by atoms with E-state index in [4.69, 9.17) is 0 Å². The van der Waals surface area contributed by atoms with Gasteiger partial charge in [-0.25, -0.2) is 0 Å². The fraction of sp³-hybridized carbons (Fsp3) is 0.500. The van der Waals surface area contributed by atoms with Gasteiger partial charge in [0.15, 0.2) is 0 Å². The van der Waals surface area contributed by atoms with Crippen molar-refractivity contribution in [1.82, 2.24) is 15.0 Å². The minimum Gasteiger partial charge on any atom is -0.647 e. The van der Waals surface area contributed by atoms with E-state index in [-0.39, 0.29) is 64.1 Å². The van der Waals surface area contributed by atoms with E-state index >= 15 is 0 Å². The number of carbonyl (C=O) groups is 1. The quantitative estimate of drug-likeness (QED) is 0.479. The molecule has 0 radical (unpaired) electrons. The SMILES string of the molecule is Cn1nnc2c1CC[N-]C2=O.[Rb+]. The van der Waals surface area contributed by atoms with Crippen molar-refractivity contribution in [3.63, 3.8) is 0 Å². The first-order valence-corrected chi connectivity index (χ1v) is 3.39. The minimum atomic E-state index is -0.237. The Morgan fingerprint density at radius 1 is 1.58 bits per heavy atom. The van der Waals surface area contributed by atoms with Crippen molar-refractivity contribution >= 4 is 5.91 Å². The first kappa shape index (κ1) is 10.5. The standard InChI is InChI=1S/C6H8N4O.Rb/c1-10-4-2-3-7-6(11)5(4)8-9-10;/h2-3H2,1H3,(H,7,11);/q;+1/p-1. The molecule has 1 aromatic heterocycles. The fourth-order valence-electron chi connectivity index (χ4n) is 1.16. The number of rotatable bonds is 0. The normalized spacial score (nSPS) is 14.6. The number of fused-ring (bicyclic) bond motifs is 1. The summed E-state index contributed by atoms with van der Waals surface area (Å²) >= 11 is 0. The van der Waals surface area contributed by atoms with E-state index in [9.17, 15) is 4.79 Å². The minimum absolute atomic E-state index is 0. The number of hydrogen-bond acceptors (Lipinski definition) is 3. The Balaban J connectivity index is 0.000000720. The van der Waals surface area contributed by atoms with Gasteiger partial charge in [-0.15, -0.1) is 11.6 Å². The maximum Gasteiger partial charge on any atom is 1.00 e. The van der Waals surface area contributed by atoms with Crippen molar-refractivity contribution in [3.8, 4) is 0 Å². The van der Waals surface area contributed by atoms with Gasteiger partial charge in [0.05, 0.1) is 5.69 Å². The van der Waals surface area contributed by atoms with E-state index in [1.165, 1.54) is 0 Å². The molecule has 1 aliphatic heterocycles. The average Bonchev–Trinajstić information content (AvgIpc) is 2.35. The van der Waals surface area contributed by atoms with Gasteiger partial charge in [-0.1, -0.05) is 5.21 Å². The van der Waals surface area contributed by atoms with Crippen LogP contribution < -0.4 is 58.2 Å². The topological polar surface area (TPSA) is 61.9 Å². The van der Waals surface area contributed by atoms with Crippen LogP contribution in [0.25, 0.3) is 5.32 Å². The van der Waals surface area contributed by atoms with Gasteiger partial charge in [-0.2, -0.15) is 0 Å². The van der Waals surface area contributed by atoms with Crippen LogP contribution in [0, 0.1) is 0 Å². The fourth-order valence-corrected chi connectivity index (χ4v) is 1.16. The first-order valence-electron chi connectivity index (χ1n) is 3.39. The van der Waals surface area contributed by atoms with Crippen LogP contribution in [-0.4, -0.2) is 27.4 Å². The zero-order valence-electron chi connectivity index (χ0n) is 7.11. The third-order valence-corrected chi connectivity index (χ3v) is 1.75. The summed E-state index contributed by atoms with van der Waals surface area (Å²) in [4.78, 5) is 11.0. The van der Waals surface area contributed by atoms with Crippen LogP contribution in [0.3, 0.4) is 0 Å². The summed E-state index contributed by atoms with van der Waals surface area (Å²) in [6.07, 6.45) is 0.768. The molecule has 0 aliphatic carbocycles. The van der Waals surface area contributed by atoms with Crippen molar-refractivity contribution in [3.05, 3.63) is 16.7 Å². The van der Waals surface area contributed by atoms with Gasteiger partial charge in [-0.05, 0) is 6.42 Å². The Labute approximate surface area is 119 Å². The van der Waals surface area contributed by atoms with Crippen LogP contribution in [0.2, 0.25) is 0 Å². The summed E-state index contributed by atoms with van der Waals surface area (Å²) in [5.74, 6) is -0.237. The van der Waals surface area contributed by atoms with E-state index < -0.39 is 0 Å². The molecule has 0 N–H and O–H groups in total. The second-order valence-corrected chi connectivity index (χ2v) is 2.45. The van der Waals surface area contributed by atoms with Gasteiger partial charge < -0.3 is 10.1 Å². The third kappa shape index (κ3) is 1.68. The van der Waals surface area contributed by atoms with Gasteiger partial charge >= 0.3 is 58.2 Å². The van der Waals surface area contributed by atoms with Crippen LogP contribution in [0.1, 0.15) is 16.2 Å². The maximum absolute atomic E-state index is 11.0. The van der Waals surface area contributed by atoms with Gasteiger partial charge in [0.25, 0.3) is 0 Å². The summed E-state index contributed by atoms with van der Waals surface area (Å²) in [7, 11) is 1.78. The molecular formula is C6H7N4ORb. The monoisotopic (exact) mass is 236 g/mol. The van der Waals surface area contributed by atoms with Gasteiger partial charge in [0.1, 0.15) is 11.6 Å². The molecule has 0 saturated heterocycles. The number of aromatic nitrogens is 3. The summed E-state index contributed by atoms with van der Waals surface area (Å²) < 4.78 is 1.63. The van der Waals surface area contributed by atoms with E-state index in [0.717, 1.165) is 12.1 Å². The van der Waals surface area contributed by atoms with Crippen molar-refractivity contribution < 1.29 is 63.0 Å². The maximum atomic E-state index is 11.0. The number of amides is 1. The molecule has 1 aromatic rings. The molecule has 2 rings (SSSR count). The Hall–Kier alpha value is 0.415. The average molecular weight is 237 g/mol. The number of aryl methyl sites for hydroxylation is 1. The summed E-state index contributed by atoms with van der Waals surface area (Å²) in [5, 5.41) is 11.2. The molecule has 2 heterocycles. The molecule has 12 heavy (non-hydrogen) atoms. The Bertz CT molecular complexity index is 308. The second-order valence-electron chi connectivity index (χ2n) is 2.45. The van der Waals surface area contributed by atoms with Gasteiger partial charge in [-0.3, -0.25) is 4.68 Å². The summed E-state index contributed by atoms with van der Waals surface area (Å²) in [5.41, 5.74) is 1.31. The van der Waals surface area contributed by atoms with E-state index in [1.54, 1.807) is 11.7 Å². The molecule has 0 atom stereocenters. The molecule has 0 unspecified atom stereocenters. The number of hydrogen-bond donors (Lipinski definition) is 0. The van der Waals surface area contributed by atoms with Crippen LogP contribution in [0.5, 0.6) is 0 Å². The zero-order valence-corrected chi connectivity index (χ0v) is 12.0. The van der Waals surface area contributed by atoms with Crippen molar-refractivity contribution in [2.24, 2.45) is 7.05 Å². The Kier molecular flexibility index (Phi) is 3.57. The molecule has 0 aromatic carbocycles. The molecular weight excluding hydrogens is 230 g/mol. The predicted molar refractivity (Wildman–Crippen MR) is 37.3 cm³/mol. The Morgan fingerprint density at radius 3 is 3.00 bits per heavy atom. The van der Waals surface area contributed by atoms with E-state index in [0.29, 0.717) is 12.2 Å². The molecule has 58 valence electrons. The summed E-state index contributed by atoms with van der Waals surface area (Å²) in [6, 6.07) is 0. The first-order chi connectivity index (χ1) is 5.29. The molecule has 0 saturated carbocycles. The molecule has 6 heteroatoms. The largest absolute Gasteiger partial charge is 1.00 e. The summed E-state index contributed by atoms with van der Waals surface area (Å²) in [6.45, 7) is 0.563. The Morgan fingerprint density at radius 2 is 2.33 bits per heavy atom. The molecule has 0 spiro atoms. The molecule has 1 amide bonds. The zero-order chi connectivity index (χ0) is 7.84. The van der Waals surface area contributed by atoms with Gasteiger partial charge in [0.2, 0.25) is 0 Å². The smallest absolute Gasteiger partial charge is 0.647 e. The molecule has 0 fully saturated rings. The van der Waals surface area contributed by atoms with Crippen LogP contribution in [0.15, 0.2) is 0 Å². The van der Waals surface area contributed by atoms with Crippen LogP contribution >= 0.6 is 0 Å². The van der Waals surface area contributed by atoms with Crippen molar-refractivity contribution in [2.45, 2.75) is 6.42 Å². The van der Waals surface area contributed by atoms with E-state index in [1.807, 2.05) is 0 Å². The van der Waals surface area contributed by atoms with Crippen LogP contribution in [-0.2, 0) is 13.5 Å². The predicted octanol–water partition coefficient (Wildman–Crippen LogP) is -3.11. The van der Waals surface area contributed by atoms with E-state index in [2.05, 4.69) is 15.6 Å². The molecule has 5 nitrogen and oxygen atoms in total. The second kappa shape index (κ2) is 4.08.